The SMILES string of the molecule is COc1ccc(CN=C(SC)SCc2c(C)cccc2-n2nnn(C)c2=O)cc1. The molecule has 0 aliphatic heterocycles. The van der Waals surface area contributed by atoms with Gasteiger partial charge in [-0.05, 0) is 58.5 Å². The summed E-state index contributed by atoms with van der Waals surface area (Å²) in [5.41, 5.74) is 3.77. The highest BCUT2D eigenvalue weighted by molar-refractivity contribution is 8.38. The number of aryl methyl sites for hydroxylation is 2. The number of thioether (sulfide) groups is 2. The lowest BCUT2D eigenvalue weighted by Gasteiger charge is -2.11. The van der Waals surface area contributed by atoms with Crippen LogP contribution in [0.2, 0.25) is 0 Å². The molecule has 0 bridgehead atoms. The Balaban J connectivity index is 1.77. The summed E-state index contributed by atoms with van der Waals surface area (Å²) in [4.78, 5) is 17.0. The lowest BCUT2D eigenvalue weighted by molar-refractivity contribution is 0.414. The molecule has 0 saturated heterocycles. The Morgan fingerprint density at radius 1 is 1.17 bits per heavy atom. The van der Waals surface area contributed by atoms with E-state index in [1.165, 1.54) is 9.36 Å². The minimum absolute atomic E-state index is 0.264. The second-order valence-corrected chi connectivity index (χ2v) is 8.31. The minimum atomic E-state index is -0.264. The molecular weight excluding hydrogens is 406 g/mol. The summed E-state index contributed by atoms with van der Waals surface area (Å²) >= 11 is 3.27. The molecule has 29 heavy (non-hydrogen) atoms. The molecule has 0 saturated carbocycles. The number of hydrogen-bond acceptors (Lipinski definition) is 7. The quantitative estimate of drug-likeness (QED) is 0.441. The first-order valence-electron chi connectivity index (χ1n) is 8.95. The highest BCUT2D eigenvalue weighted by Gasteiger charge is 2.14. The first kappa shape index (κ1) is 21.2. The van der Waals surface area contributed by atoms with Crippen LogP contribution < -0.4 is 10.4 Å². The molecule has 1 heterocycles. The largest absolute Gasteiger partial charge is 0.497 e. The third-order valence-corrected chi connectivity index (χ3v) is 6.54. The lowest BCUT2D eigenvalue weighted by Crippen LogP contribution is -2.23. The van der Waals surface area contributed by atoms with Crippen LogP contribution in [0.3, 0.4) is 0 Å². The van der Waals surface area contributed by atoms with E-state index in [9.17, 15) is 4.79 Å². The van der Waals surface area contributed by atoms with Gasteiger partial charge in [0.1, 0.15) is 10.1 Å². The van der Waals surface area contributed by atoms with Gasteiger partial charge in [0, 0.05) is 12.8 Å². The zero-order chi connectivity index (χ0) is 20.8. The number of tetrazole rings is 1. The van der Waals surface area contributed by atoms with Crippen LogP contribution in [0, 0.1) is 6.92 Å². The predicted molar refractivity (Wildman–Crippen MR) is 120 cm³/mol. The molecule has 0 atom stereocenters. The summed E-state index contributed by atoms with van der Waals surface area (Å²) in [5.74, 6) is 1.52. The van der Waals surface area contributed by atoms with Crippen molar-refractivity contribution >= 4 is 27.9 Å². The van der Waals surface area contributed by atoms with E-state index in [4.69, 9.17) is 9.73 Å². The van der Waals surface area contributed by atoms with Crippen LogP contribution in [-0.4, -0.2) is 37.5 Å². The van der Waals surface area contributed by atoms with Gasteiger partial charge in [0.25, 0.3) is 0 Å². The van der Waals surface area contributed by atoms with Crippen LogP contribution in [-0.2, 0) is 19.3 Å². The average molecular weight is 430 g/mol. The van der Waals surface area contributed by atoms with E-state index in [0.29, 0.717) is 12.3 Å². The lowest BCUT2D eigenvalue weighted by atomic mass is 10.1. The van der Waals surface area contributed by atoms with Crippen molar-refractivity contribution in [2.45, 2.75) is 19.2 Å². The number of hydrogen-bond donors (Lipinski definition) is 0. The Hall–Kier alpha value is -2.52. The molecule has 9 heteroatoms. The molecule has 3 aromatic rings. The Morgan fingerprint density at radius 2 is 1.93 bits per heavy atom. The van der Waals surface area contributed by atoms with Gasteiger partial charge in [-0.15, -0.1) is 11.8 Å². The first-order chi connectivity index (χ1) is 14.0. The van der Waals surface area contributed by atoms with Crippen molar-refractivity contribution in [1.82, 2.24) is 19.8 Å². The van der Waals surface area contributed by atoms with Gasteiger partial charge in [0.15, 0.2) is 0 Å². The molecule has 152 valence electrons. The van der Waals surface area contributed by atoms with Gasteiger partial charge in [-0.1, -0.05) is 36.0 Å². The van der Waals surface area contributed by atoms with Gasteiger partial charge in [-0.2, -0.15) is 9.36 Å². The summed E-state index contributed by atoms with van der Waals surface area (Å²) < 4.78 is 8.75. The third-order valence-electron chi connectivity index (χ3n) is 4.40. The summed E-state index contributed by atoms with van der Waals surface area (Å²) in [6.07, 6.45) is 2.02. The van der Waals surface area contributed by atoms with E-state index in [0.717, 1.165) is 32.5 Å². The van der Waals surface area contributed by atoms with Gasteiger partial charge in [-0.25, -0.2) is 4.79 Å². The zero-order valence-corrected chi connectivity index (χ0v) is 18.5. The maximum atomic E-state index is 12.3. The number of methoxy groups -OCH3 is 1. The normalized spacial score (nSPS) is 11.7. The molecular formula is C20H23N5O2S2. The Bertz CT molecular complexity index is 1060. The van der Waals surface area contributed by atoms with Crippen LogP contribution in [0.5, 0.6) is 5.75 Å². The highest BCUT2D eigenvalue weighted by Crippen LogP contribution is 2.26. The number of nitrogens with zero attached hydrogens (tertiary/aromatic N) is 5. The van der Waals surface area contributed by atoms with Gasteiger partial charge >= 0.3 is 5.69 Å². The molecule has 7 nitrogen and oxygen atoms in total. The zero-order valence-electron chi connectivity index (χ0n) is 16.8. The van der Waals surface area contributed by atoms with E-state index in [1.54, 1.807) is 37.7 Å². The molecule has 2 aromatic carbocycles. The van der Waals surface area contributed by atoms with Gasteiger partial charge in [-0.3, -0.25) is 4.99 Å². The Morgan fingerprint density at radius 3 is 2.55 bits per heavy atom. The van der Waals surface area contributed by atoms with E-state index >= 15 is 0 Å². The first-order valence-corrected chi connectivity index (χ1v) is 11.2. The van der Waals surface area contributed by atoms with Crippen molar-refractivity contribution in [2.75, 3.05) is 13.4 Å². The standard InChI is InChI=1S/C20H23N5O2S2/c1-14-6-5-7-18(25-20(26)24(2)22-23-25)17(14)13-29-19(28-4)21-12-15-8-10-16(27-3)11-9-15/h5-11H,12-13H2,1-4H3. The maximum Gasteiger partial charge on any atom is 0.368 e. The molecule has 0 aliphatic rings. The second kappa shape index (κ2) is 9.80. The van der Waals surface area contributed by atoms with Gasteiger partial charge < -0.3 is 4.74 Å². The number of aromatic nitrogens is 4. The van der Waals surface area contributed by atoms with Crippen molar-refractivity contribution in [2.24, 2.45) is 12.0 Å². The van der Waals surface area contributed by atoms with Crippen LogP contribution in [0.25, 0.3) is 5.69 Å². The van der Waals surface area contributed by atoms with E-state index in [1.807, 2.05) is 55.6 Å². The average Bonchev–Trinajstić information content (AvgIpc) is 3.07. The van der Waals surface area contributed by atoms with E-state index in [2.05, 4.69) is 10.4 Å². The van der Waals surface area contributed by atoms with Crippen molar-refractivity contribution in [3.8, 4) is 11.4 Å². The summed E-state index contributed by atoms with van der Waals surface area (Å²) in [6, 6.07) is 13.8. The molecule has 0 spiro atoms. The maximum absolute atomic E-state index is 12.3. The van der Waals surface area contributed by atoms with Crippen LogP contribution >= 0.6 is 23.5 Å². The summed E-state index contributed by atoms with van der Waals surface area (Å²) in [5, 5.41) is 7.81. The van der Waals surface area contributed by atoms with Crippen LogP contribution in [0.1, 0.15) is 16.7 Å². The van der Waals surface area contributed by atoms with Crippen molar-refractivity contribution in [3.63, 3.8) is 0 Å². The molecule has 1 aromatic heterocycles. The number of aliphatic imine (C=N–C) groups is 1. The fourth-order valence-corrected chi connectivity index (χ4v) is 4.37. The number of ether oxygens (including phenoxy) is 1. The van der Waals surface area contributed by atoms with Gasteiger partial charge in [0.2, 0.25) is 0 Å². The molecule has 0 unspecified atom stereocenters. The number of benzene rings is 2. The summed E-state index contributed by atoms with van der Waals surface area (Å²) in [7, 11) is 3.25. The van der Waals surface area contributed by atoms with E-state index in [-0.39, 0.29) is 5.69 Å². The summed E-state index contributed by atoms with van der Waals surface area (Å²) in [6.45, 7) is 2.64. The molecule has 0 N–H and O–H groups in total. The predicted octanol–water partition coefficient (Wildman–Crippen LogP) is 3.44. The van der Waals surface area contributed by atoms with E-state index < -0.39 is 0 Å². The molecule has 0 aliphatic carbocycles. The fourth-order valence-electron chi connectivity index (χ4n) is 2.73. The molecule has 3 rings (SSSR count). The van der Waals surface area contributed by atoms with Crippen molar-refractivity contribution in [3.05, 3.63) is 69.6 Å². The van der Waals surface area contributed by atoms with Crippen LogP contribution in [0.4, 0.5) is 0 Å². The Kier molecular flexibility index (Phi) is 7.16. The topological polar surface area (TPSA) is 74.3 Å². The number of rotatable bonds is 6. The second-order valence-electron chi connectivity index (χ2n) is 6.29. The molecule has 0 radical (unpaired) electrons. The van der Waals surface area contributed by atoms with Gasteiger partial charge in [0.05, 0.1) is 19.3 Å². The molecule has 0 amide bonds. The minimum Gasteiger partial charge on any atom is -0.497 e. The molecule has 0 fully saturated rings. The van der Waals surface area contributed by atoms with Crippen molar-refractivity contribution in [1.29, 1.82) is 0 Å². The third kappa shape index (κ3) is 5.10. The van der Waals surface area contributed by atoms with Crippen LogP contribution in [0.15, 0.2) is 52.3 Å². The highest BCUT2D eigenvalue weighted by atomic mass is 32.2. The van der Waals surface area contributed by atoms with Crippen molar-refractivity contribution < 1.29 is 4.74 Å². The fraction of sp³-hybridized carbons (Fsp3) is 0.300. The smallest absolute Gasteiger partial charge is 0.368 e. The Labute approximate surface area is 178 Å². The monoisotopic (exact) mass is 429 g/mol.